The number of halogens is 2. The van der Waals surface area contributed by atoms with Crippen molar-refractivity contribution in [2.24, 2.45) is 0 Å². The summed E-state index contributed by atoms with van der Waals surface area (Å²) in [4.78, 5) is 12.7. The Balaban J connectivity index is 2.17. The molecule has 17 heavy (non-hydrogen) atoms. The zero-order valence-corrected chi connectivity index (χ0v) is 11.5. The van der Waals surface area contributed by atoms with E-state index in [2.05, 4.69) is 0 Å². The molecule has 1 heterocycles. The van der Waals surface area contributed by atoms with Crippen molar-refractivity contribution < 1.29 is 4.79 Å². The lowest BCUT2D eigenvalue weighted by Gasteiger charge is -2.00. The van der Waals surface area contributed by atoms with E-state index >= 15 is 0 Å². The number of rotatable bonds is 3. The zero-order valence-electron chi connectivity index (χ0n) is 9.17. The summed E-state index contributed by atoms with van der Waals surface area (Å²) in [5, 5.41) is 3.15. The van der Waals surface area contributed by atoms with Gasteiger partial charge in [-0.15, -0.1) is 11.3 Å². The Bertz CT molecular complexity index is 543. The molecule has 0 bridgehead atoms. The van der Waals surface area contributed by atoms with Crippen LogP contribution in [0.5, 0.6) is 0 Å². The molecule has 0 saturated heterocycles. The lowest BCUT2D eigenvalue weighted by molar-refractivity contribution is 0.0997. The fourth-order valence-electron chi connectivity index (χ4n) is 1.49. The van der Waals surface area contributed by atoms with Crippen molar-refractivity contribution >= 4 is 40.3 Å². The van der Waals surface area contributed by atoms with Crippen LogP contribution in [-0.4, -0.2) is 5.78 Å². The summed E-state index contributed by atoms with van der Waals surface area (Å²) in [6.45, 7) is 1.90. The van der Waals surface area contributed by atoms with E-state index < -0.39 is 0 Å². The molecule has 1 aromatic carbocycles. The van der Waals surface area contributed by atoms with E-state index in [9.17, 15) is 4.79 Å². The molecule has 4 heteroatoms. The Hall–Kier alpha value is -0.830. The van der Waals surface area contributed by atoms with Crippen LogP contribution < -0.4 is 0 Å². The normalized spacial score (nSPS) is 10.5. The number of aryl methyl sites for hydroxylation is 1. The maximum atomic E-state index is 12.0. The number of carbonyl (C=O) groups excluding carboxylic acids is 1. The van der Waals surface area contributed by atoms with Gasteiger partial charge >= 0.3 is 0 Å². The van der Waals surface area contributed by atoms with Gasteiger partial charge in [-0.1, -0.05) is 35.3 Å². The second-order valence-corrected chi connectivity index (χ2v) is 5.48. The van der Waals surface area contributed by atoms with Gasteiger partial charge in [-0.2, -0.15) is 0 Å². The van der Waals surface area contributed by atoms with Gasteiger partial charge < -0.3 is 0 Å². The van der Waals surface area contributed by atoms with Gasteiger partial charge in [0.25, 0.3) is 0 Å². The average molecular weight is 285 g/mol. The highest BCUT2D eigenvalue weighted by Crippen LogP contribution is 2.28. The number of ketones is 1. The molecule has 0 aliphatic carbocycles. The molecular weight excluding hydrogens is 275 g/mol. The van der Waals surface area contributed by atoms with Crippen molar-refractivity contribution in [3.8, 4) is 0 Å². The van der Waals surface area contributed by atoms with Crippen LogP contribution in [0.1, 0.15) is 20.8 Å². The first-order chi connectivity index (χ1) is 8.08. The molecule has 2 aromatic rings. The van der Waals surface area contributed by atoms with Crippen molar-refractivity contribution in [2.75, 3.05) is 0 Å². The SMILES string of the molecule is Cc1csc(C(=O)Cc2ccc(Cl)cc2)c1Cl. The van der Waals surface area contributed by atoms with Gasteiger partial charge in [-0.3, -0.25) is 4.79 Å². The molecule has 1 nitrogen and oxygen atoms in total. The van der Waals surface area contributed by atoms with E-state index in [1.54, 1.807) is 12.1 Å². The molecule has 0 N–H and O–H groups in total. The molecule has 0 aliphatic rings. The van der Waals surface area contributed by atoms with Crippen molar-refractivity contribution in [2.45, 2.75) is 13.3 Å². The predicted molar refractivity (Wildman–Crippen MR) is 73.6 cm³/mol. The summed E-state index contributed by atoms with van der Waals surface area (Å²) in [7, 11) is 0. The van der Waals surface area contributed by atoms with Gasteiger partial charge in [-0.05, 0) is 35.6 Å². The number of benzene rings is 1. The Labute approximate surface area is 114 Å². The minimum absolute atomic E-state index is 0.0513. The molecule has 88 valence electrons. The largest absolute Gasteiger partial charge is 0.293 e. The zero-order chi connectivity index (χ0) is 12.4. The maximum absolute atomic E-state index is 12.0. The van der Waals surface area contributed by atoms with Gasteiger partial charge in [0, 0.05) is 11.4 Å². The summed E-state index contributed by atoms with van der Waals surface area (Å²) >= 11 is 13.3. The first-order valence-electron chi connectivity index (χ1n) is 5.09. The Morgan fingerprint density at radius 2 is 1.88 bits per heavy atom. The lowest BCUT2D eigenvalue weighted by atomic mass is 10.1. The van der Waals surface area contributed by atoms with Crippen molar-refractivity contribution in [3.05, 3.63) is 55.7 Å². The smallest absolute Gasteiger partial charge is 0.178 e. The third-order valence-corrected chi connectivity index (χ3v) is 4.42. The molecule has 0 fully saturated rings. The van der Waals surface area contributed by atoms with Gasteiger partial charge in [0.05, 0.1) is 9.90 Å². The maximum Gasteiger partial charge on any atom is 0.178 e. The lowest BCUT2D eigenvalue weighted by Crippen LogP contribution is -2.01. The van der Waals surface area contributed by atoms with Gasteiger partial charge in [0.1, 0.15) is 0 Å². The van der Waals surface area contributed by atoms with Crippen LogP contribution in [0.3, 0.4) is 0 Å². The van der Waals surface area contributed by atoms with Crippen LogP contribution in [0.4, 0.5) is 0 Å². The fourth-order valence-corrected chi connectivity index (χ4v) is 2.85. The summed E-state index contributed by atoms with van der Waals surface area (Å²) in [6.07, 6.45) is 0.358. The van der Waals surface area contributed by atoms with Crippen LogP contribution in [0, 0.1) is 6.92 Å². The van der Waals surface area contributed by atoms with E-state index in [0.717, 1.165) is 11.1 Å². The van der Waals surface area contributed by atoms with E-state index in [1.165, 1.54) is 11.3 Å². The number of carbonyl (C=O) groups is 1. The molecule has 0 saturated carbocycles. The molecule has 0 radical (unpaired) electrons. The van der Waals surface area contributed by atoms with Crippen molar-refractivity contribution in [1.82, 2.24) is 0 Å². The van der Waals surface area contributed by atoms with Crippen LogP contribution in [0.2, 0.25) is 10.0 Å². The predicted octanol–water partition coefficient (Wildman–Crippen LogP) is 4.79. The van der Waals surface area contributed by atoms with E-state index in [0.29, 0.717) is 21.3 Å². The molecule has 2 rings (SSSR count). The number of hydrogen-bond acceptors (Lipinski definition) is 2. The molecule has 0 spiro atoms. The highest BCUT2D eigenvalue weighted by Gasteiger charge is 2.14. The molecule has 1 aromatic heterocycles. The Morgan fingerprint density at radius 3 is 2.41 bits per heavy atom. The minimum atomic E-state index is 0.0513. The second kappa shape index (κ2) is 5.21. The Kier molecular flexibility index (Phi) is 3.87. The number of thiophene rings is 1. The van der Waals surface area contributed by atoms with Gasteiger partial charge in [0.15, 0.2) is 5.78 Å². The highest BCUT2D eigenvalue weighted by atomic mass is 35.5. The molecule has 0 unspecified atom stereocenters. The summed E-state index contributed by atoms with van der Waals surface area (Å²) in [5.41, 5.74) is 1.90. The van der Waals surface area contributed by atoms with Gasteiger partial charge in [-0.25, -0.2) is 0 Å². The van der Waals surface area contributed by atoms with E-state index in [1.807, 2.05) is 24.4 Å². The van der Waals surface area contributed by atoms with Crippen molar-refractivity contribution in [3.63, 3.8) is 0 Å². The number of hydrogen-bond donors (Lipinski definition) is 0. The quantitative estimate of drug-likeness (QED) is 0.741. The number of Topliss-reactive ketones (excluding diaryl/α,β-unsaturated/α-hetero) is 1. The van der Waals surface area contributed by atoms with Gasteiger partial charge in [0.2, 0.25) is 0 Å². The Morgan fingerprint density at radius 1 is 1.24 bits per heavy atom. The fraction of sp³-hybridized carbons (Fsp3) is 0.154. The third kappa shape index (κ3) is 2.89. The van der Waals surface area contributed by atoms with E-state index in [-0.39, 0.29) is 5.78 Å². The monoisotopic (exact) mass is 284 g/mol. The third-order valence-electron chi connectivity index (χ3n) is 2.43. The highest BCUT2D eigenvalue weighted by molar-refractivity contribution is 7.13. The van der Waals surface area contributed by atoms with Crippen LogP contribution in [-0.2, 0) is 6.42 Å². The van der Waals surface area contributed by atoms with Crippen molar-refractivity contribution in [1.29, 1.82) is 0 Å². The van der Waals surface area contributed by atoms with E-state index in [4.69, 9.17) is 23.2 Å². The van der Waals surface area contributed by atoms with Crippen LogP contribution >= 0.6 is 34.5 Å². The topological polar surface area (TPSA) is 17.1 Å². The molecule has 0 amide bonds. The van der Waals surface area contributed by atoms with Crippen LogP contribution in [0.25, 0.3) is 0 Å². The average Bonchev–Trinajstić information content (AvgIpc) is 2.63. The molecule has 0 atom stereocenters. The first kappa shape index (κ1) is 12.6. The molecular formula is C13H10Cl2OS. The summed E-state index contributed by atoms with van der Waals surface area (Å²) < 4.78 is 0. The minimum Gasteiger partial charge on any atom is -0.293 e. The first-order valence-corrected chi connectivity index (χ1v) is 6.72. The standard InChI is InChI=1S/C13H10Cl2OS/c1-8-7-17-13(12(8)15)11(16)6-9-2-4-10(14)5-3-9/h2-5,7H,6H2,1H3. The molecule has 0 aliphatic heterocycles. The summed E-state index contributed by atoms with van der Waals surface area (Å²) in [6, 6.07) is 7.28. The van der Waals surface area contributed by atoms with Crippen LogP contribution in [0.15, 0.2) is 29.6 Å². The summed E-state index contributed by atoms with van der Waals surface area (Å²) in [5.74, 6) is 0.0513. The second-order valence-electron chi connectivity index (χ2n) is 3.79.